The standard InChI is InChI=1S/C24H20FN3O3/c25-19-11-5-4-9-17(19)13-20-23(26-15-22(27-20)16-7-2-1-3-8-16)28-21(24(29)30)14-18-10-6-12-31-18/h1-12,15,21H,13-14H2,(H,26,28)(H,29,30). The Kier molecular flexibility index (Phi) is 6.03. The highest BCUT2D eigenvalue weighted by molar-refractivity contribution is 5.77. The number of carboxylic acid groups (broad SMARTS) is 1. The van der Waals surface area contributed by atoms with E-state index in [4.69, 9.17) is 4.42 Å². The Morgan fingerprint density at radius 3 is 2.55 bits per heavy atom. The van der Waals surface area contributed by atoms with Gasteiger partial charge in [0.1, 0.15) is 23.4 Å². The van der Waals surface area contributed by atoms with Crippen LogP contribution in [0.25, 0.3) is 11.3 Å². The summed E-state index contributed by atoms with van der Waals surface area (Å²) < 4.78 is 19.6. The zero-order chi connectivity index (χ0) is 21.6. The van der Waals surface area contributed by atoms with Crippen molar-refractivity contribution < 1.29 is 18.7 Å². The van der Waals surface area contributed by atoms with Crippen molar-refractivity contribution in [3.05, 3.63) is 102 Å². The van der Waals surface area contributed by atoms with Crippen molar-refractivity contribution in [2.45, 2.75) is 18.9 Å². The third kappa shape index (κ3) is 4.95. The van der Waals surface area contributed by atoms with Gasteiger partial charge in [0.05, 0.1) is 23.8 Å². The molecular weight excluding hydrogens is 397 g/mol. The second-order valence-electron chi connectivity index (χ2n) is 7.00. The van der Waals surface area contributed by atoms with Crippen LogP contribution in [0.4, 0.5) is 10.2 Å². The van der Waals surface area contributed by atoms with Crippen molar-refractivity contribution in [1.29, 1.82) is 0 Å². The summed E-state index contributed by atoms with van der Waals surface area (Å²) in [6, 6.07) is 18.3. The number of halogens is 1. The van der Waals surface area contributed by atoms with Gasteiger partial charge in [-0.3, -0.25) is 0 Å². The van der Waals surface area contributed by atoms with Crippen LogP contribution in [-0.4, -0.2) is 27.1 Å². The van der Waals surface area contributed by atoms with Gasteiger partial charge in [0.25, 0.3) is 0 Å². The van der Waals surface area contributed by atoms with E-state index in [0.717, 1.165) is 5.56 Å². The lowest BCUT2D eigenvalue weighted by atomic mass is 10.1. The van der Waals surface area contributed by atoms with Crippen molar-refractivity contribution in [2.24, 2.45) is 0 Å². The molecule has 2 N–H and O–H groups in total. The first-order chi connectivity index (χ1) is 15.1. The van der Waals surface area contributed by atoms with E-state index in [1.807, 2.05) is 30.3 Å². The first-order valence-electron chi connectivity index (χ1n) is 9.76. The summed E-state index contributed by atoms with van der Waals surface area (Å²) in [5.41, 5.74) is 2.39. The van der Waals surface area contributed by atoms with E-state index in [-0.39, 0.29) is 18.7 Å². The van der Waals surface area contributed by atoms with Gasteiger partial charge in [-0.25, -0.2) is 19.2 Å². The van der Waals surface area contributed by atoms with Crippen LogP contribution in [0.3, 0.4) is 0 Å². The molecule has 0 saturated heterocycles. The van der Waals surface area contributed by atoms with E-state index < -0.39 is 12.0 Å². The number of nitrogens with one attached hydrogen (secondary N) is 1. The number of nitrogens with zero attached hydrogens (tertiary/aromatic N) is 2. The van der Waals surface area contributed by atoms with Gasteiger partial charge in [-0.15, -0.1) is 0 Å². The number of aromatic nitrogens is 2. The number of hydrogen-bond acceptors (Lipinski definition) is 5. The second-order valence-corrected chi connectivity index (χ2v) is 7.00. The molecule has 0 fully saturated rings. The molecule has 0 amide bonds. The molecule has 0 radical (unpaired) electrons. The van der Waals surface area contributed by atoms with Crippen molar-refractivity contribution in [2.75, 3.05) is 5.32 Å². The van der Waals surface area contributed by atoms with Gasteiger partial charge in [-0.05, 0) is 23.8 Å². The Labute approximate surface area is 178 Å². The molecule has 1 atom stereocenters. The van der Waals surface area contributed by atoms with Crippen LogP contribution in [0.15, 0.2) is 83.6 Å². The number of hydrogen-bond donors (Lipinski definition) is 2. The number of rotatable bonds is 8. The summed E-state index contributed by atoms with van der Waals surface area (Å²) in [5.74, 6) is -0.584. The molecule has 4 aromatic rings. The Bertz CT molecular complexity index is 1160. The lowest BCUT2D eigenvalue weighted by Crippen LogP contribution is -2.32. The summed E-state index contributed by atoms with van der Waals surface area (Å²) in [7, 11) is 0. The highest BCUT2D eigenvalue weighted by Gasteiger charge is 2.22. The van der Waals surface area contributed by atoms with Crippen molar-refractivity contribution in [3.63, 3.8) is 0 Å². The quantitative estimate of drug-likeness (QED) is 0.437. The first-order valence-corrected chi connectivity index (χ1v) is 9.76. The molecule has 0 aliphatic rings. The van der Waals surface area contributed by atoms with Gasteiger partial charge in [0.2, 0.25) is 0 Å². The average Bonchev–Trinajstić information content (AvgIpc) is 3.29. The van der Waals surface area contributed by atoms with Gasteiger partial charge in [0.15, 0.2) is 0 Å². The molecule has 1 unspecified atom stereocenters. The van der Waals surface area contributed by atoms with Crippen LogP contribution in [0.5, 0.6) is 0 Å². The first kappa shape index (κ1) is 20.3. The number of carboxylic acids is 1. The van der Waals surface area contributed by atoms with Gasteiger partial charge in [0, 0.05) is 18.4 Å². The molecule has 0 saturated carbocycles. The van der Waals surface area contributed by atoms with Gasteiger partial charge in [-0.2, -0.15) is 0 Å². The smallest absolute Gasteiger partial charge is 0.326 e. The van der Waals surface area contributed by atoms with Gasteiger partial charge < -0.3 is 14.8 Å². The minimum Gasteiger partial charge on any atom is -0.480 e. The fraction of sp³-hybridized carbons (Fsp3) is 0.125. The second kappa shape index (κ2) is 9.21. The number of aliphatic carboxylic acids is 1. The predicted molar refractivity (Wildman–Crippen MR) is 114 cm³/mol. The maximum Gasteiger partial charge on any atom is 0.326 e. The molecule has 0 aliphatic heterocycles. The van der Waals surface area contributed by atoms with Crippen LogP contribution >= 0.6 is 0 Å². The molecule has 2 aromatic heterocycles. The third-order valence-electron chi connectivity index (χ3n) is 4.82. The Morgan fingerprint density at radius 1 is 1.06 bits per heavy atom. The monoisotopic (exact) mass is 417 g/mol. The zero-order valence-corrected chi connectivity index (χ0v) is 16.5. The van der Waals surface area contributed by atoms with Crippen molar-refractivity contribution in [1.82, 2.24) is 9.97 Å². The van der Waals surface area contributed by atoms with Crippen LogP contribution in [0.1, 0.15) is 17.0 Å². The molecule has 2 heterocycles. The average molecular weight is 417 g/mol. The van der Waals surface area contributed by atoms with Crippen LogP contribution in [0, 0.1) is 5.82 Å². The molecule has 2 aromatic carbocycles. The number of anilines is 1. The zero-order valence-electron chi connectivity index (χ0n) is 16.5. The minimum atomic E-state index is -1.05. The molecule has 7 heteroatoms. The van der Waals surface area contributed by atoms with E-state index in [2.05, 4.69) is 15.3 Å². The summed E-state index contributed by atoms with van der Waals surface area (Å²) in [4.78, 5) is 21.0. The maximum absolute atomic E-state index is 14.3. The number of benzene rings is 2. The predicted octanol–water partition coefficient (Wildman–Crippen LogP) is 4.57. The fourth-order valence-corrected chi connectivity index (χ4v) is 3.24. The minimum absolute atomic E-state index is 0.129. The molecule has 4 rings (SSSR count). The molecule has 0 spiro atoms. The van der Waals surface area contributed by atoms with E-state index in [0.29, 0.717) is 28.5 Å². The van der Waals surface area contributed by atoms with Gasteiger partial charge in [-0.1, -0.05) is 48.5 Å². The Balaban J connectivity index is 1.69. The summed E-state index contributed by atoms with van der Waals surface area (Å²) in [6.07, 6.45) is 3.36. The number of carbonyl (C=O) groups is 1. The van der Waals surface area contributed by atoms with Crippen LogP contribution in [-0.2, 0) is 17.6 Å². The van der Waals surface area contributed by atoms with Crippen molar-refractivity contribution >= 4 is 11.8 Å². The number of furan rings is 1. The van der Waals surface area contributed by atoms with E-state index in [1.54, 1.807) is 36.5 Å². The van der Waals surface area contributed by atoms with E-state index >= 15 is 0 Å². The lowest BCUT2D eigenvalue weighted by Gasteiger charge is -2.17. The SMILES string of the molecule is O=C(O)C(Cc1ccco1)Nc1ncc(-c2ccccc2)nc1Cc1ccccc1F. The maximum atomic E-state index is 14.3. The van der Waals surface area contributed by atoms with Gasteiger partial charge >= 0.3 is 5.97 Å². The largest absolute Gasteiger partial charge is 0.480 e. The fourth-order valence-electron chi connectivity index (χ4n) is 3.24. The molecule has 156 valence electrons. The molecule has 0 aliphatic carbocycles. The highest BCUT2D eigenvalue weighted by atomic mass is 19.1. The lowest BCUT2D eigenvalue weighted by molar-refractivity contribution is -0.138. The van der Waals surface area contributed by atoms with E-state index in [9.17, 15) is 14.3 Å². The third-order valence-corrected chi connectivity index (χ3v) is 4.82. The summed E-state index contributed by atoms with van der Waals surface area (Å²) in [5, 5.41) is 12.6. The van der Waals surface area contributed by atoms with E-state index in [1.165, 1.54) is 12.3 Å². The van der Waals surface area contributed by atoms with Crippen molar-refractivity contribution in [3.8, 4) is 11.3 Å². The molecule has 0 bridgehead atoms. The Hall–Kier alpha value is -4.00. The molecule has 6 nitrogen and oxygen atoms in total. The topological polar surface area (TPSA) is 88.2 Å². The normalized spacial score (nSPS) is 11.8. The highest BCUT2D eigenvalue weighted by Crippen LogP contribution is 2.23. The summed E-state index contributed by atoms with van der Waals surface area (Å²) in [6.45, 7) is 0. The van der Waals surface area contributed by atoms with Crippen LogP contribution < -0.4 is 5.32 Å². The summed E-state index contributed by atoms with van der Waals surface area (Å²) >= 11 is 0. The Morgan fingerprint density at radius 2 is 1.84 bits per heavy atom. The molecular formula is C24H20FN3O3. The van der Waals surface area contributed by atoms with Crippen LogP contribution in [0.2, 0.25) is 0 Å². The molecule has 31 heavy (non-hydrogen) atoms.